The van der Waals surface area contributed by atoms with Crippen molar-refractivity contribution >= 4 is 11.8 Å². The molecular weight excluding hydrogens is 238 g/mol. The number of methoxy groups -OCH3 is 1. The van der Waals surface area contributed by atoms with Crippen molar-refractivity contribution in [3.8, 4) is 6.07 Å². The minimum atomic E-state index is -0.346. The molecule has 0 saturated heterocycles. The predicted octanol–water partition coefficient (Wildman–Crippen LogP) is 2.24. The van der Waals surface area contributed by atoms with Gasteiger partial charge in [0.2, 0.25) is 11.7 Å². The molecule has 2 rings (SSSR count). The highest BCUT2D eigenvalue weighted by Gasteiger charge is 2.40. The second-order valence-electron chi connectivity index (χ2n) is 4.07. The van der Waals surface area contributed by atoms with Gasteiger partial charge in [-0.05, 0) is 25.7 Å². The van der Waals surface area contributed by atoms with Crippen LogP contribution in [0.4, 0.5) is 0 Å². The summed E-state index contributed by atoms with van der Waals surface area (Å²) in [5.41, 5.74) is -0.346. The Morgan fingerprint density at radius 2 is 2.29 bits per heavy atom. The number of thioether (sulfide) groups is 1. The summed E-state index contributed by atoms with van der Waals surface area (Å²) < 4.78 is 10.8. The van der Waals surface area contributed by atoms with E-state index in [1.807, 2.05) is 0 Å². The largest absolute Gasteiger partial charge is 0.370 e. The summed E-state index contributed by atoms with van der Waals surface area (Å²) in [5.74, 6) is 2.25. The SMILES string of the molecule is COC1(c2noc(CSCC#N)n2)CCCC1. The molecule has 0 amide bonds. The van der Waals surface area contributed by atoms with Gasteiger partial charge in [0.05, 0.1) is 17.6 Å². The molecule has 0 radical (unpaired) electrons. The van der Waals surface area contributed by atoms with Crippen molar-refractivity contribution in [1.82, 2.24) is 10.1 Å². The third kappa shape index (κ3) is 2.61. The zero-order chi connectivity index (χ0) is 12.1. The molecule has 0 aliphatic heterocycles. The first kappa shape index (κ1) is 12.4. The fraction of sp³-hybridized carbons (Fsp3) is 0.727. The minimum Gasteiger partial charge on any atom is -0.370 e. The van der Waals surface area contributed by atoms with E-state index >= 15 is 0 Å². The topological polar surface area (TPSA) is 71.9 Å². The Balaban J connectivity index is 2.04. The van der Waals surface area contributed by atoms with E-state index in [2.05, 4.69) is 16.2 Å². The van der Waals surface area contributed by atoms with Crippen LogP contribution in [0.1, 0.15) is 37.4 Å². The summed E-state index contributed by atoms with van der Waals surface area (Å²) in [6.07, 6.45) is 4.18. The van der Waals surface area contributed by atoms with Crippen molar-refractivity contribution in [3.63, 3.8) is 0 Å². The van der Waals surface area contributed by atoms with Gasteiger partial charge >= 0.3 is 0 Å². The quantitative estimate of drug-likeness (QED) is 0.749. The fourth-order valence-electron chi connectivity index (χ4n) is 2.15. The number of ether oxygens (including phenoxy) is 1. The molecule has 0 N–H and O–H groups in total. The van der Waals surface area contributed by atoms with Crippen molar-refractivity contribution in [2.45, 2.75) is 37.0 Å². The lowest BCUT2D eigenvalue weighted by Gasteiger charge is -2.22. The van der Waals surface area contributed by atoms with Crippen LogP contribution in [0.25, 0.3) is 0 Å². The van der Waals surface area contributed by atoms with Gasteiger partial charge in [-0.1, -0.05) is 5.16 Å². The second kappa shape index (κ2) is 5.52. The van der Waals surface area contributed by atoms with Gasteiger partial charge in [0.25, 0.3) is 0 Å². The van der Waals surface area contributed by atoms with Gasteiger partial charge in [-0.3, -0.25) is 0 Å². The summed E-state index contributed by atoms with van der Waals surface area (Å²) in [4.78, 5) is 4.37. The maximum absolute atomic E-state index is 8.44. The summed E-state index contributed by atoms with van der Waals surface area (Å²) >= 11 is 1.47. The number of hydrogen-bond donors (Lipinski definition) is 0. The number of hydrogen-bond acceptors (Lipinski definition) is 6. The molecule has 17 heavy (non-hydrogen) atoms. The third-order valence-electron chi connectivity index (χ3n) is 3.07. The molecule has 1 fully saturated rings. The number of nitriles is 1. The molecule has 0 unspecified atom stereocenters. The first-order valence-electron chi connectivity index (χ1n) is 5.64. The Kier molecular flexibility index (Phi) is 4.02. The Labute approximate surface area is 105 Å². The van der Waals surface area contributed by atoms with Crippen LogP contribution in [0.5, 0.6) is 0 Å². The first-order valence-corrected chi connectivity index (χ1v) is 6.79. The monoisotopic (exact) mass is 253 g/mol. The third-order valence-corrected chi connectivity index (χ3v) is 3.85. The average Bonchev–Trinajstić information content (AvgIpc) is 2.98. The average molecular weight is 253 g/mol. The number of rotatable bonds is 5. The molecule has 1 aliphatic rings. The van der Waals surface area contributed by atoms with Gasteiger partial charge < -0.3 is 9.26 Å². The first-order chi connectivity index (χ1) is 8.30. The molecule has 6 heteroatoms. The highest BCUT2D eigenvalue weighted by Crippen LogP contribution is 2.40. The predicted molar refractivity (Wildman–Crippen MR) is 63.2 cm³/mol. The zero-order valence-corrected chi connectivity index (χ0v) is 10.6. The molecule has 0 spiro atoms. The van der Waals surface area contributed by atoms with Crippen LogP contribution in [-0.2, 0) is 16.1 Å². The van der Waals surface area contributed by atoms with E-state index in [4.69, 9.17) is 14.5 Å². The molecule has 1 aliphatic carbocycles. The van der Waals surface area contributed by atoms with Crippen molar-refractivity contribution in [1.29, 1.82) is 5.26 Å². The maximum atomic E-state index is 8.44. The van der Waals surface area contributed by atoms with Crippen molar-refractivity contribution in [2.75, 3.05) is 12.9 Å². The van der Waals surface area contributed by atoms with Gasteiger partial charge in [-0.2, -0.15) is 10.2 Å². The summed E-state index contributed by atoms with van der Waals surface area (Å²) in [6.45, 7) is 0. The van der Waals surface area contributed by atoms with Crippen LogP contribution >= 0.6 is 11.8 Å². The highest BCUT2D eigenvalue weighted by atomic mass is 32.2. The molecule has 1 aromatic rings. The second-order valence-corrected chi connectivity index (χ2v) is 5.05. The van der Waals surface area contributed by atoms with Gasteiger partial charge in [0.1, 0.15) is 5.60 Å². The standard InChI is InChI=1S/C11H15N3O2S/c1-15-11(4-2-3-5-11)10-13-9(16-14-10)8-17-7-6-12/h2-5,7-8H2,1H3. The Morgan fingerprint density at radius 3 is 2.94 bits per heavy atom. The molecule has 1 heterocycles. The summed E-state index contributed by atoms with van der Waals surface area (Å²) in [7, 11) is 1.70. The van der Waals surface area contributed by atoms with Gasteiger partial charge in [-0.15, -0.1) is 11.8 Å². The van der Waals surface area contributed by atoms with E-state index in [1.165, 1.54) is 11.8 Å². The van der Waals surface area contributed by atoms with E-state index < -0.39 is 0 Å². The molecule has 1 saturated carbocycles. The normalized spacial score (nSPS) is 18.1. The van der Waals surface area contributed by atoms with Crippen LogP contribution < -0.4 is 0 Å². The fourth-order valence-corrected chi connectivity index (χ4v) is 2.63. The van der Waals surface area contributed by atoms with Crippen LogP contribution in [0.15, 0.2) is 4.52 Å². The smallest absolute Gasteiger partial charge is 0.236 e. The minimum absolute atomic E-state index is 0.346. The van der Waals surface area contributed by atoms with Crippen LogP contribution in [0, 0.1) is 11.3 Å². The zero-order valence-electron chi connectivity index (χ0n) is 9.81. The molecule has 0 bridgehead atoms. The lowest BCUT2D eigenvalue weighted by atomic mass is 10.0. The number of aromatic nitrogens is 2. The Morgan fingerprint density at radius 1 is 1.53 bits per heavy atom. The molecule has 1 aromatic heterocycles. The van der Waals surface area contributed by atoms with Crippen LogP contribution in [-0.4, -0.2) is 23.0 Å². The van der Waals surface area contributed by atoms with E-state index in [9.17, 15) is 0 Å². The van der Waals surface area contributed by atoms with Crippen molar-refractivity contribution < 1.29 is 9.26 Å². The van der Waals surface area contributed by atoms with Gasteiger partial charge in [-0.25, -0.2) is 0 Å². The summed E-state index contributed by atoms with van der Waals surface area (Å²) in [5, 5.41) is 12.5. The number of nitrogens with zero attached hydrogens (tertiary/aromatic N) is 3. The van der Waals surface area contributed by atoms with Crippen LogP contribution in [0.2, 0.25) is 0 Å². The maximum Gasteiger partial charge on any atom is 0.236 e. The molecule has 0 atom stereocenters. The van der Waals surface area contributed by atoms with Crippen molar-refractivity contribution in [3.05, 3.63) is 11.7 Å². The van der Waals surface area contributed by atoms with Gasteiger partial charge in [0, 0.05) is 7.11 Å². The summed E-state index contributed by atoms with van der Waals surface area (Å²) in [6, 6.07) is 2.07. The van der Waals surface area contributed by atoms with E-state index in [-0.39, 0.29) is 5.60 Å². The van der Waals surface area contributed by atoms with Gasteiger partial charge in [0.15, 0.2) is 0 Å². The molecule has 5 nitrogen and oxygen atoms in total. The van der Waals surface area contributed by atoms with E-state index in [0.717, 1.165) is 25.7 Å². The molecule has 92 valence electrons. The lowest BCUT2D eigenvalue weighted by molar-refractivity contribution is -0.0178. The van der Waals surface area contributed by atoms with E-state index in [1.54, 1.807) is 7.11 Å². The Bertz CT molecular complexity index is 407. The molecule has 0 aromatic carbocycles. The van der Waals surface area contributed by atoms with E-state index in [0.29, 0.717) is 23.2 Å². The van der Waals surface area contributed by atoms with Crippen LogP contribution in [0.3, 0.4) is 0 Å². The van der Waals surface area contributed by atoms with Crippen molar-refractivity contribution in [2.24, 2.45) is 0 Å². The Hall–Kier alpha value is -1.06. The highest BCUT2D eigenvalue weighted by molar-refractivity contribution is 7.98. The lowest BCUT2D eigenvalue weighted by Crippen LogP contribution is -2.26. The molecular formula is C11H15N3O2S.